The molecule has 1 fully saturated rings. The van der Waals surface area contributed by atoms with Gasteiger partial charge in [-0.1, -0.05) is 12.8 Å². The summed E-state index contributed by atoms with van der Waals surface area (Å²) in [6.45, 7) is -0.000523. The zero-order chi connectivity index (χ0) is 13.2. The number of nitrogens with zero attached hydrogens (tertiary/aromatic N) is 1. The molecule has 0 unspecified atom stereocenters. The van der Waals surface area contributed by atoms with Crippen molar-refractivity contribution in [3.8, 4) is 5.75 Å². The normalized spacial score (nSPS) is 17.7. The lowest BCUT2D eigenvalue weighted by molar-refractivity contribution is -0.386. The number of hydrogen-bond donors (Lipinski definition) is 1. The van der Waals surface area contributed by atoms with Crippen LogP contribution in [0.5, 0.6) is 5.75 Å². The number of aliphatic hydroxyl groups is 1. The van der Waals surface area contributed by atoms with Gasteiger partial charge < -0.3 is 9.84 Å². The third-order valence-electron chi connectivity index (χ3n) is 3.15. The highest BCUT2D eigenvalue weighted by atomic mass is 19.1. The van der Waals surface area contributed by atoms with E-state index in [1.807, 2.05) is 0 Å². The maximum atomic E-state index is 12.9. The molecule has 98 valence electrons. The second-order valence-electron chi connectivity index (χ2n) is 4.59. The predicted molar refractivity (Wildman–Crippen MR) is 62.0 cm³/mol. The first-order chi connectivity index (χ1) is 8.50. The molecule has 0 radical (unpaired) electrons. The highest BCUT2D eigenvalue weighted by molar-refractivity contribution is 5.46. The monoisotopic (exact) mass is 255 g/mol. The standard InChI is InChI=1S/C12H14FNO4/c13-9-3-4-11(10(7-9)14(16)17)18-8-12(15)5-1-2-6-12/h3-4,7,15H,1-2,5-6,8H2. The van der Waals surface area contributed by atoms with Crippen molar-refractivity contribution in [2.45, 2.75) is 31.3 Å². The third-order valence-corrected chi connectivity index (χ3v) is 3.15. The molecule has 1 saturated carbocycles. The largest absolute Gasteiger partial charge is 0.484 e. The van der Waals surface area contributed by atoms with Crippen molar-refractivity contribution >= 4 is 5.69 Å². The SMILES string of the molecule is O=[N+]([O-])c1cc(F)ccc1OCC1(O)CCCC1. The number of rotatable bonds is 4. The molecular formula is C12H14FNO4. The first-order valence-corrected chi connectivity index (χ1v) is 5.79. The molecule has 5 nitrogen and oxygen atoms in total. The number of benzene rings is 1. The Morgan fingerprint density at radius 1 is 1.44 bits per heavy atom. The lowest BCUT2D eigenvalue weighted by atomic mass is 10.0. The number of hydrogen-bond acceptors (Lipinski definition) is 4. The van der Waals surface area contributed by atoms with Crippen molar-refractivity contribution < 1.29 is 19.2 Å². The van der Waals surface area contributed by atoms with E-state index in [0.717, 1.165) is 25.0 Å². The Morgan fingerprint density at radius 2 is 2.11 bits per heavy atom. The molecule has 6 heteroatoms. The summed E-state index contributed by atoms with van der Waals surface area (Å²) in [6, 6.07) is 3.13. The van der Waals surface area contributed by atoms with Crippen LogP contribution in [-0.4, -0.2) is 22.2 Å². The smallest absolute Gasteiger partial charge is 0.313 e. The average molecular weight is 255 g/mol. The zero-order valence-corrected chi connectivity index (χ0v) is 9.76. The van der Waals surface area contributed by atoms with Crippen LogP contribution in [0.15, 0.2) is 18.2 Å². The summed E-state index contributed by atoms with van der Waals surface area (Å²) in [5.74, 6) is -0.699. The molecule has 1 aromatic carbocycles. The van der Waals surface area contributed by atoms with Crippen LogP contribution in [0, 0.1) is 15.9 Å². The second-order valence-corrected chi connectivity index (χ2v) is 4.59. The summed E-state index contributed by atoms with van der Waals surface area (Å²) in [5, 5.41) is 20.8. The van der Waals surface area contributed by atoms with E-state index < -0.39 is 22.0 Å². The Hall–Kier alpha value is -1.69. The molecule has 0 heterocycles. The van der Waals surface area contributed by atoms with Gasteiger partial charge in [0.05, 0.1) is 16.6 Å². The van der Waals surface area contributed by atoms with Gasteiger partial charge in [-0.3, -0.25) is 10.1 Å². The highest BCUT2D eigenvalue weighted by Crippen LogP contribution is 2.32. The highest BCUT2D eigenvalue weighted by Gasteiger charge is 2.32. The molecule has 0 spiro atoms. The van der Waals surface area contributed by atoms with Crippen LogP contribution in [0.1, 0.15) is 25.7 Å². The van der Waals surface area contributed by atoms with Crippen molar-refractivity contribution in [3.05, 3.63) is 34.1 Å². The Balaban J connectivity index is 2.11. The van der Waals surface area contributed by atoms with Crippen molar-refractivity contribution in [1.82, 2.24) is 0 Å². The van der Waals surface area contributed by atoms with Crippen LogP contribution >= 0.6 is 0 Å². The van der Waals surface area contributed by atoms with Crippen LogP contribution < -0.4 is 4.74 Å². The van der Waals surface area contributed by atoms with Crippen LogP contribution in [0.4, 0.5) is 10.1 Å². The van der Waals surface area contributed by atoms with Gasteiger partial charge in [0, 0.05) is 0 Å². The van der Waals surface area contributed by atoms with Crippen LogP contribution in [0.2, 0.25) is 0 Å². The van der Waals surface area contributed by atoms with E-state index in [9.17, 15) is 19.6 Å². The minimum Gasteiger partial charge on any atom is -0.484 e. The first kappa shape index (κ1) is 12.8. The minimum atomic E-state index is -0.914. The van der Waals surface area contributed by atoms with Crippen molar-refractivity contribution in [1.29, 1.82) is 0 Å². The summed E-state index contributed by atoms with van der Waals surface area (Å²) in [7, 11) is 0. The van der Waals surface area contributed by atoms with Gasteiger partial charge in [0.2, 0.25) is 0 Å². The van der Waals surface area contributed by atoms with Crippen LogP contribution in [-0.2, 0) is 0 Å². The maximum Gasteiger partial charge on any atom is 0.313 e. The van der Waals surface area contributed by atoms with Crippen molar-refractivity contribution in [2.24, 2.45) is 0 Å². The number of halogens is 1. The van der Waals surface area contributed by atoms with Gasteiger partial charge in [-0.05, 0) is 25.0 Å². The number of nitro benzene ring substituents is 1. The molecule has 0 bridgehead atoms. The predicted octanol–water partition coefficient (Wildman–Crippen LogP) is 2.42. The van der Waals surface area contributed by atoms with E-state index in [4.69, 9.17) is 4.74 Å². The zero-order valence-electron chi connectivity index (χ0n) is 9.76. The fourth-order valence-corrected chi connectivity index (χ4v) is 2.14. The Bertz CT molecular complexity index is 457. The van der Waals surface area contributed by atoms with Gasteiger partial charge in [-0.15, -0.1) is 0 Å². The average Bonchev–Trinajstić information content (AvgIpc) is 2.75. The van der Waals surface area contributed by atoms with E-state index in [0.29, 0.717) is 12.8 Å². The molecule has 0 atom stereocenters. The van der Waals surface area contributed by atoms with E-state index in [1.54, 1.807) is 0 Å². The van der Waals surface area contributed by atoms with Crippen LogP contribution in [0.25, 0.3) is 0 Å². The van der Waals surface area contributed by atoms with Gasteiger partial charge in [0.1, 0.15) is 12.4 Å². The Kier molecular flexibility index (Phi) is 3.47. The molecule has 1 aliphatic rings. The summed E-state index contributed by atoms with van der Waals surface area (Å²) in [5.41, 5.74) is -1.33. The van der Waals surface area contributed by atoms with Crippen molar-refractivity contribution in [3.63, 3.8) is 0 Å². The molecule has 2 rings (SSSR count). The molecular weight excluding hydrogens is 241 g/mol. The lowest BCUT2D eigenvalue weighted by Gasteiger charge is -2.21. The summed E-state index contributed by atoms with van der Waals surface area (Å²) in [6.07, 6.45) is 3.10. The third kappa shape index (κ3) is 2.76. The minimum absolute atomic E-state index is 0.000523. The summed E-state index contributed by atoms with van der Waals surface area (Å²) < 4.78 is 18.2. The number of nitro groups is 1. The van der Waals surface area contributed by atoms with Crippen molar-refractivity contribution in [2.75, 3.05) is 6.61 Å². The van der Waals surface area contributed by atoms with E-state index >= 15 is 0 Å². The van der Waals surface area contributed by atoms with Gasteiger partial charge >= 0.3 is 5.69 Å². The van der Waals surface area contributed by atoms with Gasteiger partial charge in [-0.2, -0.15) is 0 Å². The molecule has 0 aliphatic heterocycles. The first-order valence-electron chi connectivity index (χ1n) is 5.79. The lowest BCUT2D eigenvalue weighted by Crippen LogP contribution is -2.32. The Morgan fingerprint density at radius 3 is 2.72 bits per heavy atom. The van der Waals surface area contributed by atoms with Crippen LogP contribution in [0.3, 0.4) is 0 Å². The quantitative estimate of drug-likeness (QED) is 0.662. The fraction of sp³-hybridized carbons (Fsp3) is 0.500. The summed E-state index contributed by atoms with van der Waals surface area (Å²) in [4.78, 5) is 10.0. The molecule has 1 aromatic rings. The molecule has 1 aliphatic carbocycles. The number of ether oxygens (including phenoxy) is 1. The van der Waals surface area contributed by atoms with E-state index in [1.165, 1.54) is 6.07 Å². The van der Waals surface area contributed by atoms with Gasteiger partial charge in [0.15, 0.2) is 5.75 Å². The molecule has 0 saturated heterocycles. The molecule has 1 N–H and O–H groups in total. The maximum absolute atomic E-state index is 12.9. The fourth-order valence-electron chi connectivity index (χ4n) is 2.14. The Labute approximate surface area is 103 Å². The van der Waals surface area contributed by atoms with Gasteiger partial charge in [0.25, 0.3) is 0 Å². The molecule has 0 amide bonds. The van der Waals surface area contributed by atoms with E-state index in [2.05, 4.69) is 0 Å². The molecule has 18 heavy (non-hydrogen) atoms. The molecule has 0 aromatic heterocycles. The summed E-state index contributed by atoms with van der Waals surface area (Å²) >= 11 is 0. The van der Waals surface area contributed by atoms with Gasteiger partial charge in [-0.25, -0.2) is 4.39 Å². The van der Waals surface area contributed by atoms with E-state index in [-0.39, 0.29) is 12.4 Å². The second kappa shape index (κ2) is 4.89. The topological polar surface area (TPSA) is 72.6 Å².